The lowest BCUT2D eigenvalue weighted by Gasteiger charge is -2.34. The average Bonchev–Trinajstić information content (AvgIpc) is 2.63. The number of nitrogens with zero attached hydrogens (tertiary/aromatic N) is 1. The molecule has 1 N–H and O–H groups in total. The first-order valence-corrected chi connectivity index (χ1v) is 11.4. The fraction of sp³-hybridized carbons (Fsp3) is 0.316. The molecule has 1 heterocycles. The summed E-state index contributed by atoms with van der Waals surface area (Å²) in [6, 6.07) is 8.13. The molecule has 3 rings (SSSR count). The SMILES string of the molecule is CC1CN(S(=O)(=O)c2cc(C(=O)Nc3ccc(Br)cc3F)ccc2Cl)CC(C)O1. The summed E-state index contributed by atoms with van der Waals surface area (Å²) in [7, 11) is -3.94. The minimum absolute atomic E-state index is 0.00294. The maximum Gasteiger partial charge on any atom is 0.255 e. The third-order valence-corrected chi connectivity index (χ3v) is 7.18. The van der Waals surface area contributed by atoms with Crippen LogP contribution in [0.5, 0.6) is 0 Å². The van der Waals surface area contributed by atoms with Crippen LogP contribution in [0.3, 0.4) is 0 Å². The zero-order valence-electron chi connectivity index (χ0n) is 15.7. The van der Waals surface area contributed by atoms with Gasteiger partial charge >= 0.3 is 0 Å². The van der Waals surface area contributed by atoms with Crippen molar-refractivity contribution >= 4 is 49.1 Å². The summed E-state index contributed by atoms with van der Waals surface area (Å²) in [5.41, 5.74) is 0.0260. The molecular weight excluding hydrogens is 487 g/mol. The first kappa shape index (κ1) is 22.2. The molecule has 1 aliphatic rings. The van der Waals surface area contributed by atoms with Gasteiger partial charge in [-0.05, 0) is 50.2 Å². The maximum absolute atomic E-state index is 14.0. The van der Waals surface area contributed by atoms with Crippen LogP contribution >= 0.6 is 27.5 Å². The molecule has 1 saturated heterocycles. The largest absolute Gasteiger partial charge is 0.373 e. The molecule has 1 fully saturated rings. The second-order valence-corrected chi connectivity index (χ2v) is 10.0. The Balaban J connectivity index is 1.90. The summed E-state index contributed by atoms with van der Waals surface area (Å²) in [4.78, 5) is 12.4. The predicted octanol–water partition coefficient (Wildman–Crippen LogP) is 4.29. The number of hydrogen-bond donors (Lipinski definition) is 1. The predicted molar refractivity (Wildman–Crippen MR) is 112 cm³/mol. The number of ether oxygens (including phenoxy) is 1. The molecular formula is C19H19BrClFN2O4S. The van der Waals surface area contributed by atoms with E-state index in [0.29, 0.717) is 4.47 Å². The Morgan fingerprint density at radius 1 is 1.21 bits per heavy atom. The highest BCUT2D eigenvalue weighted by atomic mass is 79.9. The molecule has 10 heteroatoms. The normalized spacial score (nSPS) is 20.4. The molecule has 0 aromatic heterocycles. The third-order valence-electron chi connectivity index (χ3n) is 4.38. The number of sulfonamides is 1. The second-order valence-electron chi connectivity index (χ2n) is 6.80. The van der Waals surface area contributed by atoms with Gasteiger partial charge in [0, 0.05) is 23.1 Å². The topological polar surface area (TPSA) is 75.7 Å². The number of carbonyl (C=O) groups excluding carboxylic acids is 1. The molecule has 2 aromatic rings. The molecule has 0 bridgehead atoms. The van der Waals surface area contributed by atoms with E-state index in [1.807, 2.05) is 0 Å². The molecule has 1 aliphatic heterocycles. The van der Waals surface area contributed by atoms with Gasteiger partial charge in [-0.1, -0.05) is 27.5 Å². The van der Waals surface area contributed by atoms with Crippen molar-refractivity contribution in [1.82, 2.24) is 4.31 Å². The standard InChI is InChI=1S/C19H19BrClFN2O4S/c1-11-9-24(10-12(2)28-11)29(26,27)18-7-13(3-5-15(18)21)19(25)23-17-6-4-14(20)8-16(17)22/h3-8,11-12H,9-10H2,1-2H3,(H,23,25). The highest BCUT2D eigenvalue weighted by Gasteiger charge is 2.33. The quantitative estimate of drug-likeness (QED) is 0.673. The second kappa shape index (κ2) is 8.69. The number of halogens is 3. The van der Waals surface area contributed by atoms with E-state index in [-0.39, 0.29) is 46.5 Å². The van der Waals surface area contributed by atoms with Gasteiger partial charge in [0.05, 0.1) is 22.9 Å². The number of hydrogen-bond acceptors (Lipinski definition) is 4. The van der Waals surface area contributed by atoms with Gasteiger partial charge in [-0.15, -0.1) is 0 Å². The van der Waals surface area contributed by atoms with E-state index < -0.39 is 21.7 Å². The lowest BCUT2D eigenvalue weighted by molar-refractivity contribution is -0.0440. The van der Waals surface area contributed by atoms with Crippen LogP contribution in [0.2, 0.25) is 5.02 Å². The lowest BCUT2D eigenvalue weighted by atomic mass is 10.2. The smallest absolute Gasteiger partial charge is 0.255 e. The highest BCUT2D eigenvalue weighted by Crippen LogP contribution is 2.29. The number of anilines is 1. The number of morpholine rings is 1. The molecule has 0 radical (unpaired) electrons. The van der Waals surface area contributed by atoms with Gasteiger partial charge in [0.15, 0.2) is 0 Å². The number of carbonyl (C=O) groups is 1. The summed E-state index contributed by atoms with van der Waals surface area (Å²) in [6.07, 6.45) is -0.529. The van der Waals surface area contributed by atoms with E-state index in [1.165, 1.54) is 34.6 Å². The van der Waals surface area contributed by atoms with Crippen LogP contribution in [0.15, 0.2) is 45.8 Å². The number of nitrogens with one attached hydrogen (secondary N) is 1. The van der Waals surface area contributed by atoms with Crippen LogP contribution in [0.1, 0.15) is 24.2 Å². The van der Waals surface area contributed by atoms with E-state index in [9.17, 15) is 17.6 Å². The first-order valence-electron chi connectivity index (χ1n) is 8.79. The van der Waals surface area contributed by atoms with E-state index >= 15 is 0 Å². The van der Waals surface area contributed by atoms with E-state index in [0.717, 1.165) is 0 Å². The third kappa shape index (κ3) is 4.97. The van der Waals surface area contributed by atoms with Crippen molar-refractivity contribution in [3.8, 4) is 0 Å². The number of benzene rings is 2. The fourth-order valence-corrected chi connectivity index (χ4v) is 5.52. The first-order chi connectivity index (χ1) is 13.6. The maximum atomic E-state index is 14.0. The summed E-state index contributed by atoms with van der Waals surface area (Å²) >= 11 is 9.29. The summed E-state index contributed by atoms with van der Waals surface area (Å²) in [6.45, 7) is 3.94. The summed E-state index contributed by atoms with van der Waals surface area (Å²) < 4.78 is 47.6. The van der Waals surface area contributed by atoms with Crippen molar-refractivity contribution in [3.63, 3.8) is 0 Å². The Hall–Kier alpha value is -1.52. The van der Waals surface area contributed by atoms with Crippen LogP contribution in [0, 0.1) is 5.82 Å². The molecule has 6 nitrogen and oxygen atoms in total. The molecule has 156 valence electrons. The number of rotatable bonds is 4. The fourth-order valence-electron chi connectivity index (χ4n) is 3.09. The van der Waals surface area contributed by atoms with Crippen molar-refractivity contribution in [2.75, 3.05) is 18.4 Å². The van der Waals surface area contributed by atoms with E-state index in [1.54, 1.807) is 19.9 Å². The van der Waals surface area contributed by atoms with Crippen LogP contribution in [-0.4, -0.2) is 43.9 Å². The summed E-state index contributed by atoms with van der Waals surface area (Å²) in [5.74, 6) is -1.27. The van der Waals surface area contributed by atoms with Gasteiger partial charge in [-0.2, -0.15) is 4.31 Å². The highest BCUT2D eigenvalue weighted by molar-refractivity contribution is 9.10. The Morgan fingerprint density at radius 2 is 1.86 bits per heavy atom. The van der Waals surface area contributed by atoms with Crippen molar-refractivity contribution in [3.05, 3.63) is 57.3 Å². The van der Waals surface area contributed by atoms with Gasteiger partial charge in [-0.3, -0.25) is 4.79 Å². The zero-order valence-corrected chi connectivity index (χ0v) is 18.8. The van der Waals surface area contributed by atoms with Crippen LogP contribution in [0.25, 0.3) is 0 Å². The molecule has 29 heavy (non-hydrogen) atoms. The average molecular weight is 506 g/mol. The minimum Gasteiger partial charge on any atom is -0.373 e. The molecule has 2 aromatic carbocycles. The van der Waals surface area contributed by atoms with Crippen molar-refractivity contribution in [1.29, 1.82) is 0 Å². The van der Waals surface area contributed by atoms with E-state index in [2.05, 4.69) is 21.2 Å². The molecule has 0 aliphatic carbocycles. The van der Waals surface area contributed by atoms with Gasteiger partial charge in [0.25, 0.3) is 5.91 Å². The Labute approximate surface area is 182 Å². The van der Waals surface area contributed by atoms with Gasteiger partial charge < -0.3 is 10.1 Å². The summed E-state index contributed by atoms with van der Waals surface area (Å²) in [5, 5.41) is 2.44. The zero-order chi connectivity index (χ0) is 21.3. The minimum atomic E-state index is -3.94. The monoisotopic (exact) mass is 504 g/mol. The molecule has 2 atom stereocenters. The van der Waals surface area contributed by atoms with Crippen molar-refractivity contribution in [2.45, 2.75) is 31.0 Å². The van der Waals surface area contributed by atoms with Crippen molar-refractivity contribution < 1.29 is 22.3 Å². The van der Waals surface area contributed by atoms with Crippen LogP contribution in [0.4, 0.5) is 10.1 Å². The van der Waals surface area contributed by atoms with Crippen LogP contribution < -0.4 is 5.32 Å². The lowest BCUT2D eigenvalue weighted by Crippen LogP contribution is -2.48. The van der Waals surface area contributed by atoms with Crippen LogP contribution in [-0.2, 0) is 14.8 Å². The van der Waals surface area contributed by atoms with Gasteiger partial charge in [-0.25, -0.2) is 12.8 Å². The van der Waals surface area contributed by atoms with Crippen molar-refractivity contribution in [2.24, 2.45) is 0 Å². The molecule has 2 unspecified atom stereocenters. The Kier molecular flexibility index (Phi) is 6.64. The van der Waals surface area contributed by atoms with E-state index in [4.69, 9.17) is 16.3 Å². The number of amides is 1. The molecule has 0 spiro atoms. The Bertz CT molecular complexity index is 1040. The van der Waals surface area contributed by atoms with Gasteiger partial charge in [0.1, 0.15) is 10.7 Å². The molecule has 1 amide bonds. The molecule has 0 saturated carbocycles. The Morgan fingerprint density at radius 3 is 2.48 bits per heavy atom. The van der Waals surface area contributed by atoms with Gasteiger partial charge in [0.2, 0.25) is 10.0 Å².